The van der Waals surface area contributed by atoms with Crippen molar-refractivity contribution in [1.82, 2.24) is 4.31 Å². The second kappa shape index (κ2) is 5.03. The second-order valence-electron chi connectivity index (χ2n) is 4.26. The standard InChI is InChI=1S/C11H14N2O4S/c14-13(15)11-7-4-8-12(11)18(16,17)9-10-5-2-1-3-6-10/h1-3,5-6,11H,4,7-9H2. The van der Waals surface area contributed by atoms with Crippen molar-refractivity contribution in [3.63, 3.8) is 0 Å². The number of nitro groups is 1. The minimum absolute atomic E-state index is 0.182. The number of hydrogen-bond donors (Lipinski definition) is 0. The van der Waals surface area contributed by atoms with E-state index in [4.69, 9.17) is 0 Å². The van der Waals surface area contributed by atoms with Gasteiger partial charge in [-0.1, -0.05) is 30.3 Å². The molecule has 0 radical (unpaired) electrons. The number of hydrogen-bond acceptors (Lipinski definition) is 4. The first kappa shape index (κ1) is 13.0. The maximum absolute atomic E-state index is 12.1. The van der Waals surface area contributed by atoms with Crippen LogP contribution in [0.3, 0.4) is 0 Å². The van der Waals surface area contributed by atoms with Crippen molar-refractivity contribution in [3.8, 4) is 0 Å². The molecule has 0 aromatic heterocycles. The Bertz CT molecular complexity index is 529. The van der Waals surface area contributed by atoms with Gasteiger partial charge in [-0.05, 0) is 12.0 Å². The minimum atomic E-state index is -3.62. The van der Waals surface area contributed by atoms with E-state index >= 15 is 0 Å². The van der Waals surface area contributed by atoms with Crippen LogP contribution in [0.5, 0.6) is 0 Å². The second-order valence-corrected chi connectivity index (χ2v) is 6.18. The lowest BCUT2D eigenvalue weighted by molar-refractivity contribution is -0.538. The van der Waals surface area contributed by atoms with Crippen LogP contribution in [0.25, 0.3) is 0 Å². The summed E-state index contributed by atoms with van der Waals surface area (Å²) in [5, 5.41) is 10.8. The Hall–Kier alpha value is -1.47. The van der Waals surface area contributed by atoms with Gasteiger partial charge in [0.25, 0.3) is 6.17 Å². The Morgan fingerprint density at radius 3 is 2.61 bits per heavy atom. The van der Waals surface area contributed by atoms with Crippen LogP contribution in [-0.2, 0) is 15.8 Å². The number of nitrogens with zero attached hydrogens (tertiary/aromatic N) is 2. The van der Waals surface area contributed by atoms with Gasteiger partial charge < -0.3 is 0 Å². The van der Waals surface area contributed by atoms with Gasteiger partial charge >= 0.3 is 0 Å². The van der Waals surface area contributed by atoms with E-state index in [1.165, 1.54) is 0 Å². The third kappa shape index (κ3) is 2.68. The first-order valence-electron chi connectivity index (χ1n) is 5.67. The number of sulfonamides is 1. The molecule has 1 aliphatic rings. The average molecular weight is 270 g/mol. The van der Waals surface area contributed by atoms with Gasteiger partial charge in [-0.15, -0.1) is 4.31 Å². The van der Waals surface area contributed by atoms with Crippen molar-refractivity contribution >= 4 is 10.0 Å². The van der Waals surface area contributed by atoms with Gasteiger partial charge in [0.2, 0.25) is 10.0 Å². The Labute approximate surface area is 105 Å². The molecule has 18 heavy (non-hydrogen) atoms. The van der Waals surface area contributed by atoms with Crippen molar-refractivity contribution in [2.45, 2.75) is 24.8 Å². The summed E-state index contributed by atoms with van der Waals surface area (Å²) >= 11 is 0. The van der Waals surface area contributed by atoms with E-state index in [1.54, 1.807) is 30.3 Å². The van der Waals surface area contributed by atoms with E-state index in [0.29, 0.717) is 18.4 Å². The van der Waals surface area contributed by atoms with E-state index < -0.39 is 21.1 Å². The van der Waals surface area contributed by atoms with E-state index in [1.807, 2.05) is 0 Å². The average Bonchev–Trinajstić information content (AvgIpc) is 2.79. The molecular weight excluding hydrogens is 256 g/mol. The molecule has 1 fully saturated rings. The molecule has 0 saturated carbocycles. The molecule has 0 N–H and O–H groups in total. The Kier molecular flexibility index (Phi) is 3.63. The Balaban J connectivity index is 2.19. The summed E-state index contributed by atoms with van der Waals surface area (Å²) in [6.07, 6.45) is -0.264. The zero-order valence-electron chi connectivity index (χ0n) is 9.73. The highest BCUT2D eigenvalue weighted by molar-refractivity contribution is 7.88. The Morgan fingerprint density at radius 2 is 2.00 bits per heavy atom. The monoisotopic (exact) mass is 270 g/mol. The molecule has 0 bridgehead atoms. The first-order valence-corrected chi connectivity index (χ1v) is 7.28. The summed E-state index contributed by atoms with van der Waals surface area (Å²) < 4.78 is 25.3. The van der Waals surface area contributed by atoms with Crippen molar-refractivity contribution in [2.75, 3.05) is 6.54 Å². The van der Waals surface area contributed by atoms with E-state index in [-0.39, 0.29) is 12.3 Å². The quantitative estimate of drug-likeness (QED) is 0.608. The highest BCUT2D eigenvalue weighted by atomic mass is 32.2. The molecule has 1 aromatic carbocycles. The summed E-state index contributed by atoms with van der Waals surface area (Å²) in [5.41, 5.74) is 0.645. The zero-order valence-corrected chi connectivity index (χ0v) is 10.5. The summed E-state index contributed by atoms with van der Waals surface area (Å²) in [7, 11) is -3.62. The summed E-state index contributed by atoms with van der Waals surface area (Å²) in [5.74, 6) is -0.182. The largest absolute Gasteiger partial charge is 0.280 e. The van der Waals surface area contributed by atoms with Crippen LogP contribution in [0.15, 0.2) is 30.3 Å². The fourth-order valence-electron chi connectivity index (χ4n) is 2.13. The van der Waals surface area contributed by atoms with Crippen molar-refractivity contribution in [1.29, 1.82) is 0 Å². The number of rotatable bonds is 4. The van der Waals surface area contributed by atoms with Gasteiger partial charge in [-0.25, -0.2) is 8.42 Å². The summed E-state index contributed by atoms with van der Waals surface area (Å²) in [6.45, 7) is 0.237. The molecule has 1 unspecified atom stereocenters. The van der Waals surface area contributed by atoms with E-state index in [2.05, 4.69) is 0 Å². The molecule has 1 aromatic rings. The smallest absolute Gasteiger partial charge is 0.263 e. The van der Waals surface area contributed by atoms with Gasteiger partial charge in [-0.2, -0.15) is 0 Å². The maximum Gasteiger partial charge on any atom is 0.280 e. The molecule has 1 saturated heterocycles. The fraction of sp³-hybridized carbons (Fsp3) is 0.455. The SMILES string of the molecule is O=[N+]([O-])C1CCCN1S(=O)(=O)Cc1ccccc1. The van der Waals surface area contributed by atoms with Crippen LogP contribution in [0, 0.1) is 10.1 Å². The molecule has 1 atom stereocenters. The molecule has 98 valence electrons. The predicted molar refractivity (Wildman–Crippen MR) is 65.8 cm³/mol. The topological polar surface area (TPSA) is 80.5 Å². The summed E-state index contributed by atoms with van der Waals surface area (Å²) in [6, 6.07) is 8.70. The molecule has 2 rings (SSSR count). The van der Waals surface area contributed by atoms with Gasteiger partial charge in [-0.3, -0.25) is 10.1 Å². The first-order chi connectivity index (χ1) is 8.50. The third-order valence-corrected chi connectivity index (χ3v) is 4.80. The van der Waals surface area contributed by atoms with Crippen LogP contribution >= 0.6 is 0 Å². The molecule has 6 nitrogen and oxygen atoms in total. The van der Waals surface area contributed by atoms with E-state index in [0.717, 1.165) is 4.31 Å². The highest BCUT2D eigenvalue weighted by Gasteiger charge is 2.41. The van der Waals surface area contributed by atoms with Crippen LogP contribution in [0.1, 0.15) is 18.4 Å². The van der Waals surface area contributed by atoms with Crippen LogP contribution < -0.4 is 0 Å². The molecule has 0 aliphatic carbocycles. The number of benzene rings is 1. The van der Waals surface area contributed by atoms with Gasteiger partial charge in [0.05, 0.1) is 5.75 Å². The van der Waals surface area contributed by atoms with Gasteiger partial charge in [0.1, 0.15) is 0 Å². The minimum Gasteiger partial charge on any atom is -0.263 e. The molecule has 7 heteroatoms. The molecule has 0 spiro atoms. The van der Waals surface area contributed by atoms with Crippen molar-refractivity contribution in [2.24, 2.45) is 0 Å². The van der Waals surface area contributed by atoms with Crippen LogP contribution in [0.2, 0.25) is 0 Å². The normalized spacial score (nSPS) is 21.0. The van der Waals surface area contributed by atoms with Gasteiger partial charge in [0, 0.05) is 17.9 Å². The van der Waals surface area contributed by atoms with Crippen molar-refractivity contribution in [3.05, 3.63) is 46.0 Å². The lowest BCUT2D eigenvalue weighted by atomic mass is 10.2. The highest BCUT2D eigenvalue weighted by Crippen LogP contribution is 2.23. The predicted octanol–water partition coefficient (Wildman–Crippen LogP) is 1.22. The zero-order chi connectivity index (χ0) is 13.2. The molecule has 1 heterocycles. The molecular formula is C11H14N2O4S. The van der Waals surface area contributed by atoms with Crippen LogP contribution in [0.4, 0.5) is 0 Å². The third-order valence-electron chi connectivity index (χ3n) is 2.97. The molecule has 1 aliphatic heterocycles. The molecule has 0 amide bonds. The van der Waals surface area contributed by atoms with Crippen LogP contribution in [-0.4, -0.2) is 30.4 Å². The fourth-order valence-corrected chi connectivity index (χ4v) is 3.87. The van der Waals surface area contributed by atoms with Crippen molar-refractivity contribution < 1.29 is 13.3 Å². The maximum atomic E-state index is 12.1. The lowest BCUT2D eigenvalue weighted by Crippen LogP contribution is -2.40. The summed E-state index contributed by atoms with van der Waals surface area (Å²) in [4.78, 5) is 10.3. The van der Waals surface area contributed by atoms with Gasteiger partial charge in [0.15, 0.2) is 0 Å². The Morgan fingerprint density at radius 1 is 1.33 bits per heavy atom. The van der Waals surface area contributed by atoms with E-state index in [9.17, 15) is 18.5 Å². The lowest BCUT2D eigenvalue weighted by Gasteiger charge is -2.18.